The van der Waals surface area contributed by atoms with Gasteiger partial charge in [0.25, 0.3) is 5.91 Å². The maximum Gasteiger partial charge on any atom is 0.264 e. The number of benzene rings is 1. The van der Waals surface area contributed by atoms with Crippen molar-refractivity contribution in [1.82, 2.24) is 15.0 Å². The summed E-state index contributed by atoms with van der Waals surface area (Å²) in [5.74, 6) is 0.433. The molecule has 1 N–H and O–H groups in total. The number of aromatic nitrogens is 3. The molecule has 0 fully saturated rings. The molecule has 1 aromatic carbocycles. The third-order valence-corrected chi connectivity index (χ3v) is 4.58. The van der Waals surface area contributed by atoms with Crippen molar-refractivity contribution in [1.29, 1.82) is 0 Å². The lowest BCUT2D eigenvalue weighted by atomic mass is 10.2. The molecule has 0 aliphatic carbocycles. The van der Waals surface area contributed by atoms with E-state index in [0.29, 0.717) is 15.7 Å². The minimum absolute atomic E-state index is 0.178. The lowest BCUT2D eigenvalue weighted by Gasteiger charge is -2.12. The van der Waals surface area contributed by atoms with Gasteiger partial charge in [0.05, 0.1) is 4.47 Å². The highest BCUT2D eigenvalue weighted by Gasteiger charge is 2.14. The molecule has 2 heterocycles. The van der Waals surface area contributed by atoms with Gasteiger partial charge in [-0.2, -0.15) is 0 Å². The van der Waals surface area contributed by atoms with Crippen LogP contribution in [0.4, 0.5) is 5.95 Å². The van der Waals surface area contributed by atoms with Crippen molar-refractivity contribution in [2.75, 3.05) is 11.9 Å². The number of fused-ring (bicyclic) bond motifs is 1. The van der Waals surface area contributed by atoms with E-state index in [2.05, 4.69) is 52.1 Å². The summed E-state index contributed by atoms with van der Waals surface area (Å²) in [4.78, 5) is 24.9. The maximum absolute atomic E-state index is 12.2. The lowest BCUT2D eigenvalue weighted by molar-refractivity contribution is -0.118. The van der Waals surface area contributed by atoms with Crippen LogP contribution < -0.4 is 10.1 Å². The van der Waals surface area contributed by atoms with Gasteiger partial charge in [-0.15, -0.1) is 0 Å². The summed E-state index contributed by atoms with van der Waals surface area (Å²) in [5.41, 5.74) is 2.24. The topological polar surface area (TPSA) is 77.0 Å². The number of amides is 1. The molecule has 0 aliphatic heterocycles. The van der Waals surface area contributed by atoms with Crippen molar-refractivity contribution in [2.45, 2.75) is 13.8 Å². The van der Waals surface area contributed by atoms with Crippen molar-refractivity contribution in [3.8, 4) is 5.75 Å². The quantitative estimate of drug-likeness (QED) is 0.625. The first-order chi connectivity index (χ1) is 11.9. The summed E-state index contributed by atoms with van der Waals surface area (Å²) >= 11 is 6.95. The summed E-state index contributed by atoms with van der Waals surface area (Å²) in [6.45, 7) is 3.51. The van der Waals surface area contributed by atoms with E-state index in [1.54, 1.807) is 6.20 Å². The first kappa shape index (κ1) is 17.8. The number of hydrogen-bond donors (Lipinski definition) is 1. The van der Waals surface area contributed by atoms with E-state index in [0.717, 1.165) is 21.2 Å². The molecule has 0 saturated heterocycles. The van der Waals surface area contributed by atoms with Crippen LogP contribution in [0.2, 0.25) is 0 Å². The van der Waals surface area contributed by atoms with Gasteiger partial charge in [0.2, 0.25) is 5.95 Å². The number of carbonyl (C=O) groups excluding carboxylic acids is 1. The number of halogens is 2. The molecule has 0 saturated carbocycles. The van der Waals surface area contributed by atoms with Crippen molar-refractivity contribution >= 4 is 54.6 Å². The van der Waals surface area contributed by atoms with Crippen LogP contribution >= 0.6 is 31.9 Å². The number of nitrogens with one attached hydrogen (secondary N) is 1. The average Bonchev–Trinajstić information content (AvgIpc) is 2.53. The van der Waals surface area contributed by atoms with Crippen LogP contribution in [0.3, 0.4) is 0 Å². The van der Waals surface area contributed by atoms with Crippen LogP contribution in [-0.2, 0) is 4.79 Å². The van der Waals surface area contributed by atoms with Gasteiger partial charge in [0.1, 0.15) is 5.52 Å². The first-order valence-corrected chi connectivity index (χ1v) is 9.00. The van der Waals surface area contributed by atoms with Crippen LogP contribution in [0.15, 0.2) is 39.4 Å². The van der Waals surface area contributed by atoms with Gasteiger partial charge in [0.15, 0.2) is 12.4 Å². The Kier molecular flexibility index (Phi) is 5.29. The molecular formula is C17H14Br2N4O2. The normalized spacial score (nSPS) is 10.7. The maximum atomic E-state index is 12.2. The Balaban J connectivity index is 1.77. The summed E-state index contributed by atoms with van der Waals surface area (Å²) in [7, 11) is 0. The Bertz CT molecular complexity index is 943. The number of ether oxygens (including phenoxy) is 1. The molecule has 3 rings (SSSR count). The number of rotatable bonds is 4. The molecule has 3 aromatic rings. The molecule has 0 unspecified atom stereocenters. The number of hydrogen-bond acceptors (Lipinski definition) is 5. The van der Waals surface area contributed by atoms with Gasteiger partial charge in [-0.05, 0) is 48.0 Å². The fourth-order valence-electron chi connectivity index (χ4n) is 2.36. The van der Waals surface area contributed by atoms with Gasteiger partial charge in [0, 0.05) is 27.4 Å². The molecule has 0 aliphatic rings. The number of pyridine rings is 1. The summed E-state index contributed by atoms with van der Waals surface area (Å²) in [6.07, 6.45) is 1.68. The zero-order valence-corrected chi connectivity index (χ0v) is 16.7. The average molecular weight is 466 g/mol. The standard InChI is InChI=1S/C17H14Br2N4O2/c1-9-6-10(2)22-17(21-9)23-14(24)8-25-16-13(19)7-12(18)11-4-3-5-20-15(11)16/h3-7H,8H2,1-2H3,(H,21,22,23,24). The molecule has 128 valence electrons. The molecule has 25 heavy (non-hydrogen) atoms. The monoisotopic (exact) mass is 464 g/mol. The second-order valence-electron chi connectivity index (χ2n) is 5.38. The Labute approximate surface area is 161 Å². The number of aryl methyl sites for hydroxylation is 2. The van der Waals surface area contributed by atoms with Crippen LogP contribution in [0.25, 0.3) is 10.9 Å². The summed E-state index contributed by atoms with van der Waals surface area (Å²) in [6, 6.07) is 7.47. The molecular weight excluding hydrogens is 452 g/mol. The predicted octanol–water partition coefficient (Wildman–Crippen LogP) is 4.18. The highest BCUT2D eigenvalue weighted by molar-refractivity contribution is 9.11. The summed E-state index contributed by atoms with van der Waals surface area (Å²) in [5, 5.41) is 3.54. The Morgan fingerprint density at radius 2 is 1.88 bits per heavy atom. The van der Waals surface area contributed by atoms with Crippen LogP contribution in [-0.4, -0.2) is 27.5 Å². The lowest BCUT2D eigenvalue weighted by Crippen LogP contribution is -2.22. The number of anilines is 1. The highest BCUT2D eigenvalue weighted by atomic mass is 79.9. The van der Waals surface area contributed by atoms with Crippen molar-refractivity contribution < 1.29 is 9.53 Å². The van der Waals surface area contributed by atoms with Gasteiger partial charge in [-0.3, -0.25) is 15.1 Å². The van der Waals surface area contributed by atoms with Crippen molar-refractivity contribution in [3.05, 3.63) is 50.8 Å². The predicted molar refractivity (Wildman–Crippen MR) is 103 cm³/mol. The van der Waals surface area contributed by atoms with Gasteiger partial charge >= 0.3 is 0 Å². The van der Waals surface area contributed by atoms with E-state index in [-0.39, 0.29) is 18.5 Å². The minimum atomic E-state index is -0.344. The second kappa shape index (κ2) is 7.45. The molecule has 1 amide bonds. The van der Waals surface area contributed by atoms with E-state index < -0.39 is 0 Å². The zero-order chi connectivity index (χ0) is 18.0. The van der Waals surface area contributed by atoms with E-state index in [9.17, 15) is 4.79 Å². The molecule has 8 heteroatoms. The zero-order valence-electron chi connectivity index (χ0n) is 13.5. The van der Waals surface area contributed by atoms with Crippen LogP contribution in [0.5, 0.6) is 5.75 Å². The minimum Gasteiger partial charge on any atom is -0.480 e. The van der Waals surface area contributed by atoms with E-state index >= 15 is 0 Å². The molecule has 0 atom stereocenters. The third-order valence-electron chi connectivity index (χ3n) is 3.33. The summed E-state index contributed by atoms with van der Waals surface area (Å²) < 4.78 is 7.30. The van der Waals surface area contributed by atoms with E-state index in [1.807, 2.05) is 38.1 Å². The largest absolute Gasteiger partial charge is 0.480 e. The molecule has 2 aromatic heterocycles. The number of nitrogens with zero attached hydrogens (tertiary/aromatic N) is 3. The van der Waals surface area contributed by atoms with E-state index in [1.165, 1.54) is 0 Å². The molecule has 0 radical (unpaired) electrons. The molecule has 0 spiro atoms. The SMILES string of the molecule is Cc1cc(C)nc(NC(=O)COc2c(Br)cc(Br)c3cccnc23)n1. The Morgan fingerprint density at radius 1 is 1.16 bits per heavy atom. The van der Waals surface area contributed by atoms with Gasteiger partial charge in [-0.25, -0.2) is 9.97 Å². The van der Waals surface area contributed by atoms with Crippen molar-refractivity contribution in [2.24, 2.45) is 0 Å². The number of carbonyl (C=O) groups is 1. The van der Waals surface area contributed by atoms with Crippen LogP contribution in [0.1, 0.15) is 11.4 Å². The fraction of sp³-hybridized carbons (Fsp3) is 0.176. The van der Waals surface area contributed by atoms with Crippen molar-refractivity contribution in [3.63, 3.8) is 0 Å². The Hall–Kier alpha value is -2.06. The first-order valence-electron chi connectivity index (χ1n) is 7.41. The highest BCUT2D eigenvalue weighted by Crippen LogP contribution is 2.37. The third kappa shape index (κ3) is 4.13. The molecule has 6 nitrogen and oxygen atoms in total. The smallest absolute Gasteiger partial charge is 0.264 e. The van der Waals surface area contributed by atoms with Gasteiger partial charge in [-0.1, -0.05) is 22.0 Å². The second-order valence-corrected chi connectivity index (χ2v) is 7.09. The molecule has 0 bridgehead atoms. The van der Waals surface area contributed by atoms with E-state index in [4.69, 9.17) is 4.74 Å². The fourth-order valence-corrected chi connectivity index (χ4v) is 3.75. The Morgan fingerprint density at radius 3 is 2.60 bits per heavy atom. The van der Waals surface area contributed by atoms with Gasteiger partial charge < -0.3 is 4.74 Å². The van der Waals surface area contributed by atoms with Crippen LogP contribution in [0, 0.1) is 13.8 Å².